The molecule has 0 nitrogen and oxygen atoms in total. The summed E-state index contributed by atoms with van der Waals surface area (Å²) < 4.78 is 0. The molecule has 2 aliphatic carbocycles. The lowest BCUT2D eigenvalue weighted by molar-refractivity contribution is 0.521. The number of hydrogen-bond donors (Lipinski definition) is 0. The predicted octanol–water partition coefficient (Wildman–Crippen LogP) is 2.77. The van der Waals surface area contributed by atoms with Crippen LogP contribution in [0.2, 0.25) is 0 Å². The van der Waals surface area contributed by atoms with Crippen LogP contribution in [0.3, 0.4) is 0 Å². The summed E-state index contributed by atoms with van der Waals surface area (Å²) in [6.45, 7) is 6.19. The zero-order chi connectivity index (χ0) is 7.14. The average molecular weight is 134 g/mol. The van der Waals surface area contributed by atoms with Gasteiger partial charge in [0.15, 0.2) is 0 Å². The van der Waals surface area contributed by atoms with E-state index >= 15 is 0 Å². The molecule has 2 rings (SSSR count). The van der Waals surface area contributed by atoms with Gasteiger partial charge in [-0.3, -0.25) is 0 Å². The van der Waals surface area contributed by atoms with Gasteiger partial charge < -0.3 is 0 Å². The highest BCUT2D eigenvalue weighted by molar-refractivity contribution is 5.17. The first-order valence-corrected chi connectivity index (χ1v) is 4.11. The van der Waals surface area contributed by atoms with Gasteiger partial charge in [-0.15, -0.1) is 0 Å². The first kappa shape index (κ1) is 6.21. The molecule has 0 aromatic rings. The van der Waals surface area contributed by atoms with Gasteiger partial charge in [0.25, 0.3) is 0 Å². The largest absolute Gasteiger partial charge is 0.0998 e. The van der Waals surface area contributed by atoms with Gasteiger partial charge in [0.2, 0.25) is 0 Å². The molecule has 0 heteroatoms. The number of rotatable bonds is 1. The van der Waals surface area contributed by atoms with E-state index in [1.165, 1.54) is 18.4 Å². The fourth-order valence-corrected chi connectivity index (χ4v) is 2.35. The Morgan fingerprint density at radius 1 is 1.40 bits per heavy atom. The highest BCUT2D eigenvalue weighted by atomic mass is 14.4. The van der Waals surface area contributed by atoms with Gasteiger partial charge in [-0.05, 0) is 37.5 Å². The van der Waals surface area contributed by atoms with E-state index in [2.05, 4.69) is 25.7 Å². The summed E-state index contributed by atoms with van der Waals surface area (Å²) in [7, 11) is 0. The maximum absolute atomic E-state index is 4.02. The molecule has 0 amide bonds. The first-order chi connectivity index (χ1) is 4.77. The summed E-state index contributed by atoms with van der Waals surface area (Å²) in [6, 6.07) is 0. The van der Waals surface area contributed by atoms with Gasteiger partial charge in [-0.25, -0.2) is 0 Å². The van der Waals surface area contributed by atoms with Crippen molar-refractivity contribution in [3.63, 3.8) is 0 Å². The van der Waals surface area contributed by atoms with Gasteiger partial charge in [0.1, 0.15) is 0 Å². The topological polar surface area (TPSA) is 0 Å². The molecule has 0 radical (unpaired) electrons. The SMILES string of the molecule is C=C(C)C1CC2C=CC1C2. The van der Waals surface area contributed by atoms with E-state index in [1.807, 2.05) is 0 Å². The summed E-state index contributed by atoms with van der Waals surface area (Å²) in [5.74, 6) is 2.56. The smallest absolute Gasteiger partial charge is 0.0140 e. The van der Waals surface area contributed by atoms with E-state index in [0.717, 1.165) is 17.8 Å². The normalized spacial score (nSPS) is 42.7. The van der Waals surface area contributed by atoms with Crippen LogP contribution in [0.4, 0.5) is 0 Å². The second-order valence-corrected chi connectivity index (χ2v) is 3.73. The Hall–Kier alpha value is -0.520. The Balaban J connectivity index is 2.16. The first-order valence-electron chi connectivity index (χ1n) is 4.11. The molecule has 2 bridgehead atoms. The van der Waals surface area contributed by atoms with Crippen LogP contribution >= 0.6 is 0 Å². The Morgan fingerprint density at radius 2 is 2.20 bits per heavy atom. The lowest BCUT2D eigenvalue weighted by Gasteiger charge is -2.17. The monoisotopic (exact) mass is 134 g/mol. The number of fused-ring (bicyclic) bond motifs is 2. The molecular formula is C10H14. The third-order valence-corrected chi connectivity index (χ3v) is 2.91. The van der Waals surface area contributed by atoms with Crippen LogP contribution in [0.1, 0.15) is 19.8 Å². The maximum atomic E-state index is 4.02. The molecule has 3 atom stereocenters. The molecule has 0 aliphatic heterocycles. The van der Waals surface area contributed by atoms with Crippen molar-refractivity contribution in [2.75, 3.05) is 0 Å². The van der Waals surface area contributed by atoms with Crippen LogP contribution in [-0.2, 0) is 0 Å². The number of hydrogen-bond acceptors (Lipinski definition) is 0. The highest BCUT2D eigenvalue weighted by Gasteiger charge is 2.35. The van der Waals surface area contributed by atoms with E-state index in [1.54, 1.807) is 0 Å². The zero-order valence-corrected chi connectivity index (χ0v) is 6.51. The van der Waals surface area contributed by atoms with Gasteiger partial charge in [-0.2, -0.15) is 0 Å². The van der Waals surface area contributed by atoms with E-state index < -0.39 is 0 Å². The van der Waals surface area contributed by atoms with Crippen LogP contribution in [0.25, 0.3) is 0 Å². The molecule has 0 saturated heterocycles. The van der Waals surface area contributed by atoms with Crippen molar-refractivity contribution in [1.29, 1.82) is 0 Å². The molecule has 1 saturated carbocycles. The Labute approximate surface area is 62.6 Å². The van der Waals surface area contributed by atoms with Crippen molar-refractivity contribution >= 4 is 0 Å². The van der Waals surface area contributed by atoms with Gasteiger partial charge in [0, 0.05) is 0 Å². The minimum absolute atomic E-state index is 0.815. The molecule has 10 heavy (non-hydrogen) atoms. The van der Waals surface area contributed by atoms with Gasteiger partial charge >= 0.3 is 0 Å². The van der Waals surface area contributed by atoms with E-state index in [0.29, 0.717) is 0 Å². The summed E-state index contributed by atoms with van der Waals surface area (Å²) in [5.41, 5.74) is 1.39. The Morgan fingerprint density at radius 3 is 2.50 bits per heavy atom. The third kappa shape index (κ3) is 0.749. The van der Waals surface area contributed by atoms with E-state index in [4.69, 9.17) is 0 Å². The lowest BCUT2D eigenvalue weighted by Crippen LogP contribution is -2.06. The minimum atomic E-state index is 0.815. The van der Waals surface area contributed by atoms with Crippen LogP contribution in [-0.4, -0.2) is 0 Å². The van der Waals surface area contributed by atoms with Crippen LogP contribution in [0.15, 0.2) is 24.3 Å². The fraction of sp³-hybridized carbons (Fsp3) is 0.600. The Kier molecular flexibility index (Phi) is 1.23. The fourth-order valence-electron chi connectivity index (χ4n) is 2.35. The highest BCUT2D eigenvalue weighted by Crippen LogP contribution is 2.45. The van der Waals surface area contributed by atoms with Crippen LogP contribution < -0.4 is 0 Å². The second kappa shape index (κ2) is 1.98. The third-order valence-electron chi connectivity index (χ3n) is 2.91. The summed E-state index contributed by atoms with van der Waals surface area (Å²) >= 11 is 0. The lowest BCUT2D eigenvalue weighted by atomic mass is 9.88. The second-order valence-electron chi connectivity index (χ2n) is 3.73. The molecule has 0 aromatic heterocycles. The summed E-state index contributed by atoms with van der Waals surface area (Å²) in [5, 5.41) is 0. The minimum Gasteiger partial charge on any atom is -0.0998 e. The number of allylic oxidation sites excluding steroid dienone is 3. The standard InChI is InChI=1S/C10H14/c1-7(2)10-6-8-3-4-9(10)5-8/h3-4,8-10H,1,5-6H2,2H3. The van der Waals surface area contributed by atoms with Crippen molar-refractivity contribution in [3.8, 4) is 0 Å². The average Bonchev–Trinajstić information content (AvgIpc) is 2.44. The molecule has 0 aromatic carbocycles. The molecule has 0 N–H and O–H groups in total. The molecule has 2 aliphatic rings. The van der Waals surface area contributed by atoms with Crippen molar-refractivity contribution < 1.29 is 0 Å². The van der Waals surface area contributed by atoms with Crippen molar-refractivity contribution in [3.05, 3.63) is 24.3 Å². The van der Waals surface area contributed by atoms with Crippen molar-refractivity contribution in [2.24, 2.45) is 17.8 Å². The maximum Gasteiger partial charge on any atom is -0.0140 e. The molecule has 0 heterocycles. The molecule has 54 valence electrons. The molecule has 1 fully saturated rings. The van der Waals surface area contributed by atoms with Crippen molar-refractivity contribution in [1.82, 2.24) is 0 Å². The zero-order valence-electron chi connectivity index (χ0n) is 6.51. The summed E-state index contributed by atoms with van der Waals surface area (Å²) in [4.78, 5) is 0. The van der Waals surface area contributed by atoms with Gasteiger partial charge in [0.05, 0.1) is 0 Å². The van der Waals surface area contributed by atoms with E-state index in [9.17, 15) is 0 Å². The molecule has 3 unspecified atom stereocenters. The summed E-state index contributed by atoms with van der Waals surface area (Å²) in [6.07, 6.45) is 7.53. The van der Waals surface area contributed by atoms with Crippen LogP contribution in [0, 0.1) is 17.8 Å². The van der Waals surface area contributed by atoms with Gasteiger partial charge in [-0.1, -0.05) is 24.3 Å². The Bertz CT molecular complexity index is 188. The van der Waals surface area contributed by atoms with Crippen molar-refractivity contribution in [2.45, 2.75) is 19.8 Å². The quantitative estimate of drug-likeness (QED) is 0.484. The molecule has 0 spiro atoms. The predicted molar refractivity (Wildman–Crippen MR) is 43.7 cm³/mol. The van der Waals surface area contributed by atoms with E-state index in [-0.39, 0.29) is 0 Å². The van der Waals surface area contributed by atoms with Crippen LogP contribution in [0.5, 0.6) is 0 Å². The molecular weight excluding hydrogens is 120 g/mol.